The molecule has 0 fully saturated rings. The Morgan fingerprint density at radius 2 is 1.85 bits per heavy atom. The van der Waals surface area contributed by atoms with Crippen LogP contribution >= 0.6 is 11.3 Å². The third-order valence-electron chi connectivity index (χ3n) is 4.06. The van der Waals surface area contributed by atoms with Crippen LogP contribution in [0.5, 0.6) is 0 Å². The predicted octanol–water partition coefficient (Wildman–Crippen LogP) is 4.97. The zero-order chi connectivity index (χ0) is 19.2. The summed E-state index contributed by atoms with van der Waals surface area (Å²) >= 11 is 1.32. The van der Waals surface area contributed by atoms with Crippen LogP contribution in [0.15, 0.2) is 59.7 Å². The molecule has 1 heterocycles. The van der Waals surface area contributed by atoms with E-state index in [1.165, 1.54) is 16.9 Å². The van der Waals surface area contributed by atoms with Gasteiger partial charge in [0, 0.05) is 10.4 Å². The molecule has 0 aliphatic carbocycles. The van der Waals surface area contributed by atoms with Gasteiger partial charge in [0.2, 0.25) is 5.13 Å². The second-order valence-corrected chi connectivity index (χ2v) is 7.20. The van der Waals surface area contributed by atoms with Crippen molar-refractivity contribution in [3.05, 3.63) is 70.6 Å². The van der Waals surface area contributed by atoms with E-state index in [1.54, 1.807) is 0 Å². The summed E-state index contributed by atoms with van der Waals surface area (Å²) in [7, 11) is 0. The Morgan fingerprint density at radius 1 is 1.15 bits per heavy atom. The highest BCUT2D eigenvalue weighted by atomic mass is 32.1. The van der Waals surface area contributed by atoms with Crippen LogP contribution in [0.3, 0.4) is 0 Å². The molecular formula is C21H21N3O2S. The normalized spacial score (nSPS) is 11.4. The van der Waals surface area contributed by atoms with Gasteiger partial charge in [-0.15, -0.1) is 0 Å². The quantitative estimate of drug-likeness (QED) is 0.449. The molecule has 5 nitrogen and oxygen atoms in total. The van der Waals surface area contributed by atoms with Gasteiger partial charge < -0.3 is 5.11 Å². The van der Waals surface area contributed by atoms with Crippen molar-refractivity contribution < 1.29 is 9.90 Å². The zero-order valence-corrected chi connectivity index (χ0v) is 16.1. The maximum absolute atomic E-state index is 11.2. The Kier molecular flexibility index (Phi) is 5.98. The molecule has 0 saturated heterocycles. The summed E-state index contributed by atoms with van der Waals surface area (Å²) < 4.78 is 0. The molecule has 3 rings (SSSR count). The van der Waals surface area contributed by atoms with E-state index in [1.807, 2.05) is 49.4 Å². The first-order valence-electron chi connectivity index (χ1n) is 8.73. The van der Waals surface area contributed by atoms with E-state index >= 15 is 0 Å². The number of rotatable bonds is 7. The van der Waals surface area contributed by atoms with Crippen LogP contribution in [-0.4, -0.2) is 21.8 Å². The fraction of sp³-hybridized carbons (Fsp3) is 0.190. The molecule has 1 aromatic heterocycles. The van der Waals surface area contributed by atoms with Crippen molar-refractivity contribution >= 4 is 28.1 Å². The molecule has 0 bridgehead atoms. The van der Waals surface area contributed by atoms with Crippen LogP contribution in [0.4, 0.5) is 5.13 Å². The molecule has 0 unspecified atom stereocenters. The predicted molar refractivity (Wildman–Crippen MR) is 111 cm³/mol. The molecule has 2 aromatic carbocycles. The van der Waals surface area contributed by atoms with Gasteiger partial charge in [-0.05, 0) is 18.9 Å². The number of thiazole rings is 1. The minimum Gasteiger partial charge on any atom is -0.481 e. The largest absolute Gasteiger partial charge is 0.481 e. The lowest BCUT2D eigenvalue weighted by Gasteiger charge is -2.04. The van der Waals surface area contributed by atoms with Gasteiger partial charge in [0.05, 0.1) is 17.8 Å². The lowest BCUT2D eigenvalue weighted by atomic mass is 10.1. The van der Waals surface area contributed by atoms with Crippen molar-refractivity contribution in [2.75, 3.05) is 5.43 Å². The molecule has 3 aromatic rings. The fourth-order valence-corrected chi connectivity index (χ4v) is 3.60. The van der Waals surface area contributed by atoms with Crippen LogP contribution in [-0.2, 0) is 11.2 Å². The van der Waals surface area contributed by atoms with Gasteiger partial charge in [-0.25, -0.2) is 4.98 Å². The van der Waals surface area contributed by atoms with E-state index in [9.17, 15) is 9.90 Å². The van der Waals surface area contributed by atoms with Crippen molar-refractivity contribution in [1.29, 1.82) is 0 Å². The molecule has 0 radical (unpaired) electrons. The summed E-state index contributed by atoms with van der Waals surface area (Å²) in [6.07, 6.45) is 0.709. The van der Waals surface area contributed by atoms with Crippen LogP contribution in [0.1, 0.15) is 29.3 Å². The van der Waals surface area contributed by atoms with E-state index in [-0.39, 0.29) is 6.42 Å². The Bertz CT molecular complexity index is 947. The Labute approximate surface area is 162 Å². The van der Waals surface area contributed by atoms with E-state index in [4.69, 9.17) is 0 Å². The fourth-order valence-electron chi connectivity index (χ4n) is 2.69. The monoisotopic (exact) mass is 379 g/mol. The number of benzene rings is 2. The standard InChI is InChI=1S/C21H21N3O2S/c1-3-17(15-11-9-14(2)10-12-15)23-24-21-22-20(16-7-5-4-6-8-16)18(27-21)13-19(25)26/h4-12H,3,13H2,1-2H3,(H,22,24)(H,25,26)/b23-17+. The summed E-state index contributed by atoms with van der Waals surface area (Å²) in [5, 5.41) is 14.3. The lowest BCUT2D eigenvalue weighted by molar-refractivity contribution is -0.136. The summed E-state index contributed by atoms with van der Waals surface area (Å²) in [5.74, 6) is -0.875. The van der Waals surface area contributed by atoms with Gasteiger partial charge in [0.25, 0.3) is 0 Å². The van der Waals surface area contributed by atoms with E-state index < -0.39 is 5.97 Å². The molecule has 0 saturated carbocycles. The van der Waals surface area contributed by atoms with E-state index in [0.717, 1.165) is 23.3 Å². The van der Waals surface area contributed by atoms with Gasteiger partial charge in [-0.3, -0.25) is 10.2 Å². The van der Waals surface area contributed by atoms with Gasteiger partial charge in [-0.1, -0.05) is 78.4 Å². The minimum atomic E-state index is -0.875. The topological polar surface area (TPSA) is 74.6 Å². The number of nitrogens with one attached hydrogen (secondary N) is 1. The van der Waals surface area contributed by atoms with E-state index in [0.29, 0.717) is 15.7 Å². The number of hydrogen-bond acceptors (Lipinski definition) is 5. The first-order chi connectivity index (χ1) is 13.1. The number of aromatic nitrogens is 1. The first kappa shape index (κ1) is 18.8. The average molecular weight is 379 g/mol. The number of hydrazone groups is 1. The number of carboxylic acids is 1. The number of carbonyl (C=O) groups is 1. The number of aryl methyl sites for hydroxylation is 1. The average Bonchev–Trinajstić information content (AvgIpc) is 3.06. The molecule has 27 heavy (non-hydrogen) atoms. The highest BCUT2D eigenvalue weighted by Crippen LogP contribution is 2.31. The third kappa shape index (κ3) is 4.80. The summed E-state index contributed by atoms with van der Waals surface area (Å²) in [6, 6.07) is 17.8. The number of hydrogen-bond donors (Lipinski definition) is 2. The van der Waals surface area contributed by atoms with Crippen molar-refractivity contribution in [2.45, 2.75) is 26.7 Å². The van der Waals surface area contributed by atoms with Crippen molar-refractivity contribution in [3.63, 3.8) is 0 Å². The van der Waals surface area contributed by atoms with Crippen LogP contribution < -0.4 is 5.43 Å². The van der Waals surface area contributed by atoms with Crippen molar-refractivity contribution in [2.24, 2.45) is 5.10 Å². The smallest absolute Gasteiger partial charge is 0.308 e. The maximum Gasteiger partial charge on any atom is 0.308 e. The molecule has 2 N–H and O–H groups in total. The summed E-state index contributed by atoms with van der Waals surface area (Å²) in [4.78, 5) is 16.5. The molecule has 0 aliphatic heterocycles. The SMILES string of the molecule is CC/C(=N\Nc1nc(-c2ccccc2)c(CC(=O)O)s1)c1ccc(C)cc1. The number of carboxylic acid groups (broad SMARTS) is 1. The van der Waals surface area contributed by atoms with Gasteiger partial charge in [0.1, 0.15) is 0 Å². The summed E-state index contributed by atoms with van der Waals surface area (Å²) in [5.41, 5.74) is 7.78. The number of anilines is 1. The Balaban J connectivity index is 1.89. The van der Waals surface area contributed by atoms with Gasteiger partial charge in [0.15, 0.2) is 0 Å². The third-order valence-corrected chi connectivity index (χ3v) is 5.02. The summed E-state index contributed by atoms with van der Waals surface area (Å²) in [6.45, 7) is 4.10. The highest BCUT2D eigenvalue weighted by Gasteiger charge is 2.15. The second-order valence-electron chi connectivity index (χ2n) is 6.12. The molecule has 6 heteroatoms. The van der Waals surface area contributed by atoms with Gasteiger partial charge in [-0.2, -0.15) is 5.10 Å². The Morgan fingerprint density at radius 3 is 2.48 bits per heavy atom. The van der Waals surface area contributed by atoms with Crippen molar-refractivity contribution in [3.8, 4) is 11.3 Å². The van der Waals surface area contributed by atoms with Gasteiger partial charge >= 0.3 is 5.97 Å². The van der Waals surface area contributed by atoms with E-state index in [2.05, 4.69) is 34.6 Å². The molecule has 0 atom stereocenters. The van der Waals surface area contributed by atoms with Crippen LogP contribution in [0, 0.1) is 6.92 Å². The number of nitrogens with zero attached hydrogens (tertiary/aromatic N) is 2. The molecular weight excluding hydrogens is 358 g/mol. The van der Waals surface area contributed by atoms with Crippen molar-refractivity contribution in [1.82, 2.24) is 4.98 Å². The first-order valence-corrected chi connectivity index (χ1v) is 9.55. The molecule has 0 amide bonds. The Hall–Kier alpha value is -2.99. The zero-order valence-electron chi connectivity index (χ0n) is 15.3. The lowest BCUT2D eigenvalue weighted by Crippen LogP contribution is -2.03. The molecule has 0 spiro atoms. The van der Waals surface area contributed by atoms with Crippen LogP contribution in [0.2, 0.25) is 0 Å². The maximum atomic E-state index is 11.2. The highest BCUT2D eigenvalue weighted by molar-refractivity contribution is 7.16. The number of aliphatic carboxylic acids is 1. The molecule has 0 aliphatic rings. The minimum absolute atomic E-state index is 0.0636. The molecule has 138 valence electrons. The van der Waals surface area contributed by atoms with Crippen LogP contribution in [0.25, 0.3) is 11.3 Å². The second kappa shape index (κ2) is 8.60.